The molecule has 1 aromatic heterocycles. The molecule has 3 aromatic carbocycles. The number of amides is 1. The third-order valence-corrected chi connectivity index (χ3v) is 5.05. The molecule has 0 aliphatic rings. The molecule has 154 valence electrons. The number of aromatic nitrogens is 2. The lowest BCUT2D eigenvalue weighted by Crippen LogP contribution is -2.20. The number of imidazole rings is 1. The van der Waals surface area contributed by atoms with Crippen molar-refractivity contribution in [3.8, 4) is 22.5 Å². The minimum Gasteiger partial charge on any atom is -0.330 e. The van der Waals surface area contributed by atoms with Gasteiger partial charge in [-0.1, -0.05) is 91.0 Å². The number of carbonyl (C=O) groups excluding carboxylic acids is 1. The van der Waals surface area contributed by atoms with Crippen LogP contribution in [0.15, 0.2) is 102 Å². The summed E-state index contributed by atoms with van der Waals surface area (Å²) in [6.45, 7) is 2.39. The minimum absolute atomic E-state index is 0.135. The summed E-state index contributed by atoms with van der Waals surface area (Å²) in [4.78, 5) is 17.1. The molecule has 1 heterocycles. The Morgan fingerprint density at radius 1 is 0.871 bits per heavy atom. The van der Waals surface area contributed by atoms with E-state index in [4.69, 9.17) is 0 Å². The van der Waals surface area contributed by atoms with Gasteiger partial charge in [-0.2, -0.15) is 5.10 Å². The maximum absolute atomic E-state index is 12.4. The first-order valence-electron chi connectivity index (χ1n) is 10.3. The monoisotopic (exact) mass is 408 g/mol. The first-order valence-corrected chi connectivity index (χ1v) is 10.3. The van der Waals surface area contributed by atoms with Crippen LogP contribution in [0.1, 0.15) is 18.9 Å². The van der Waals surface area contributed by atoms with Crippen LogP contribution >= 0.6 is 0 Å². The van der Waals surface area contributed by atoms with Crippen molar-refractivity contribution in [2.75, 3.05) is 0 Å². The van der Waals surface area contributed by atoms with E-state index in [0.717, 1.165) is 33.8 Å². The van der Waals surface area contributed by atoms with E-state index < -0.39 is 0 Å². The van der Waals surface area contributed by atoms with E-state index in [1.165, 1.54) is 0 Å². The molecule has 0 spiro atoms. The van der Waals surface area contributed by atoms with Gasteiger partial charge in [0, 0.05) is 24.1 Å². The molecule has 0 saturated carbocycles. The molecule has 0 radical (unpaired) electrons. The van der Waals surface area contributed by atoms with E-state index in [2.05, 4.69) is 27.6 Å². The van der Waals surface area contributed by atoms with Crippen LogP contribution in [-0.2, 0) is 11.3 Å². The molecule has 5 nitrogen and oxygen atoms in total. The molecule has 1 N–H and O–H groups in total. The highest BCUT2D eigenvalue weighted by molar-refractivity contribution is 5.99. The van der Waals surface area contributed by atoms with Crippen LogP contribution in [0, 0.1) is 0 Å². The number of nitrogens with one attached hydrogen (secondary N) is 1. The molecule has 0 saturated heterocycles. The van der Waals surface area contributed by atoms with Crippen molar-refractivity contribution in [3.63, 3.8) is 0 Å². The average Bonchev–Trinajstić information content (AvgIpc) is 3.27. The Balaban J connectivity index is 1.51. The van der Waals surface area contributed by atoms with Crippen LogP contribution in [0.5, 0.6) is 0 Å². The molecular weight excluding hydrogens is 384 g/mol. The molecule has 0 aliphatic carbocycles. The maximum atomic E-state index is 12.4. The molecule has 0 aliphatic heterocycles. The molecule has 4 rings (SSSR count). The van der Waals surface area contributed by atoms with Gasteiger partial charge < -0.3 is 4.57 Å². The Morgan fingerprint density at radius 3 is 2.10 bits per heavy atom. The van der Waals surface area contributed by atoms with E-state index in [1.54, 1.807) is 6.33 Å². The average molecular weight is 409 g/mol. The number of hydrazone groups is 1. The topological polar surface area (TPSA) is 59.3 Å². The predicted molar refractivity (Wildman–Crippen MR) is 125 cm³/mol. The molecule has 4 aromatic rings. The second kappa shape index (κ2) is 9.67. The fourth-order valence-corrected chi connectivity index (χ4v) is 3.43. The Labute approximate surface area is 182 Å². The zero-order chi connectivity index (χ0) is 21.5. The summed E-state index contributed by atoms with van der Waals surface area (Å²) < 4.78 is 2.03. The van der Waals surface area contributed by atoms with Crippen molar-refractivity contribution in [3.05, 3.63) is 103 Å². The van der Waals surface area contributed by atoms with Gasteiger partial charge in [0.25, 0.3) is 0 Å². The van der Waals surface area contributed by atoms with Gasteiger partial charge in [-0.05, 0) is 12.5 Å². The Hall–Kier alpha value is -3.99. The molecular formula is C26H24N4O. The third kappa shape index (κ3) is 4.95. The van der Waals surface area contributed by atoms with Crippen molar-refractivity contribution >= 4 is 11.6 Å². The van der Waals surface area contributed by atoms with Gasteiger partial charge in [-0.3, -0.25) is 4.79 Å². The molecule has 31 heavy (non-hydrogen) atoms. The largest absolute Gasteiger partial charge is 0.330 e. The zero-order valence-electron chi connectivity index (χ0n) is 17.4. The zero-order valence-corrected chi connectivity index (χ0v) is 17.4. The van der Waals surface area contributed by atoms with Crippen LogP contribution in [0.25, 0.3) is 22.5 Å². The van der Waals surface area contributed by atoms with Crippen LogP contribution in [-0.4, -0.2) is 21.2 Å². The van der Waals surface area contributed by atoms with E-state index in [0.29, 0.717) is 13.0 Å². The summed E-state index contributed by atoms with van der Waals surface area (Å²) in [6.07, 6.45) is 2.10. The standard InChI is InChI=1S/C26H24N4O/c1-20(21-11-5-2-6-12-21)28-29-24(31)17-18-30-19-27-25(22-13-7-3-8-14-22)26(30)23-15-9-4-10-16-23/h2-16,19H,17-18H2,1H3,(H,29,31). The van der Waals surface area contributed by atoms with Gasteiger partial charge in [-0.25, -0.2) is 10.4 Å². The van der Waals surface area contributed by atoms with Crippen LogP contribution in [0.4, 0.5) is 0 Å². The van der Waals surface area contributed by atoms with E-state index >= 15 is 0 Å². The normalized spacial score (nSPS) is 11.3. The van der Waals surface area contributed by atoms with E-state index in [-0.39, 0.29) is 5.91 Å². The molecule has 1 amide bonds. The highest BCUT2D eigenvalue weighted by Crippen LogP contribution is 2.31. The quantitative estimate of drug-likeness (QED) is 0.340. The van der Waals surface area contributed by atoms with Crippen LogP contribution in [0.2, 0.25) is 0 Å². The highest BCUT2D eigenvalue weighted by atomic mass is 16.2. The maximum Gasteiger partial charge on any atom is 0.241 e. The number of hydrogen-bond donors (Lipinski definition) is 1. The first kappa shape index (κ1) is 20.3. The van der Waals surface area contributed by atoms with Gasteiger partial charge in [-0.15, -0.1) is 0 Å². The lowest BCUT2D eigenvalue weighted by Gasteiger charge is -2.10. The number of benzene rings is 3. The van der Waals surface area contributed by atoms with Gasteiger partial charge >= 0.3 is 0 Å². The van der Waals surface area contributed by atoms with Crippen molar-refractivity contribution in [2.45, 2.75) is 19.9 Å². The molecule has 0 atom stereocenters. The molecule has 5 heteroatoms. The van der Waals surface area contributed by atoms with Crippen molar-refractivity contribution in [1.82, 2.24) is 15.0 Å². The highest BCUT2D eigenvalue weighted by Gasteiger charge is 2.15. The van der Waals surface area contributed by atoms with Gasteiger partial charge in [0.2, 0.25) is 5.91 Å². The first-order chi connectivity index (χ1) is 15.2. The number of aryl methyl sites for hydroxylation is 1. The number of hydrogen-bond acceptors (Lipinski definition) is 3. The fourth-order valence-electron chi connectivity index (χ4n) is 3.43. The van der Waals surface area contributed by atoms with Crippen molar-refractivity contribution in [1.29, 1.82) is 0 Å². The van der Waals surface area contributed by atoms with E-state index in [9.17, 15) is 4.79 Å². The number of carbonyl (C=O) groups is 1. The van der Waals surface area contributed by atoms with Gasteiger partial charge in [0.1, 0.15) is 0 Å². The van der Waals surface area contributed by atoms with Crippen molar-refractivity contribution < 1.29 is 4.79 Å². The van der Waals surface area contributed by atoms with Crippen LogP contribution in [0.3, 0.4) is 0 Å². The Kier molecular flexibility index (Phi) is 6.33. The molecule has 0 bridgehead atoms. The molecule has 0 unspecified atom stereocenters. The Morgan fingerprint density at radius 2 is 1.45 bits per heavy atom. The van der Waals surface area contributed by atoms with Crippen LogP contribution < -0.4 is 5.43 Å². The van der Waals surface area contributed by atoms with Gasteiger partial charge in [0.15, 0.2) is 0 Å². The smallest absolute Gasteiger partial charge is 0.241 e. The SMILES string of the molecule is CC(=NNC(=O)CCn1cnc(-c2ccccc2)c1-c1ccccc1)c1ccccc1. The Bertz CT molecular complexity index is 1170. The summed E-state index contributed by atoms with van der Waals surface area (Å²) in [5, 5.41) is 4.23. The second-order valence-electron chi connectivity index (χ2n) is 7.22. The number of nitrogens with zero attached hydrogens (tertiary/aromatic N) is 3. The lowest BCUT2D eigenvalue weighted by molar-refractivity contribution is -0.121. The second-order valence-corrected chi connectivity index (χ2v) is 7.22. The number of rotatable bonds is 7. The summed E-state index contributed by atoms with van der Waals surface area (Å²) in [6, 6.07) is 30.0. The summed E-state index contributed by atoms with van der Waals surface area (Å²) in [7, 11) is 0. The minimum atomic E-state index is -0.135. The van der Waals surface area contributed by atoms with Gasteiger partial charge in [0.05, 0.1) is 23.4 Å². The summed E-state index contributed by atoms with van der Waals surface area (Å²) in [5.41, 5.74) is 8.44. The molecule has 0 fully saturated rings. The lowest BCUT2D eigenvalue weighted by atomic mass is 10.0. The summed E-state index contributed by atoms with van der Waals surface area (Å²) in [5.74, 6) is -0.135. The fraction of sp³-hybridized carbons (Fsp3) is 0.115. The predicted octanol–water partition coefficient (Wildman–Crippen LogP) is 5.15. The third-order valence-electron chi connectivity index (χ3n) is 5.05. The van der Waals surface area contributed by atoms with Crippen molar-refractivity contribution in [2.24, 2.45) is 5.10 Å². The summed E-state index contributed by atoms with van der Waals surface area (Å²) >= 11 is 0. The van der Waals surface area contributed by atoms with E-state index in [1.807, 2.05) is 90.4 Å².